The molecule has 0 aliphatic carbocycles. The lowest BCUT2D eigenvalue weighted by Crippen LogP contribution is -2.16. The molecule has 2 aromatic carbocycles. The van der Waals surface area contributed by atoms with Gasteiger partial charge >= 0.3 is 0 Å². The van der Waals surface area contributed by atoms with Crippen LogP contribution in [-0.2, 0) is 0 Å². The van der Waals surface area contributed by atoms with Crippen LogP contribution < -0.4 is 10.5 Å². The lowest BCUT2D eigenvalue weighted by molar-refractivity contribution is 0.225. The van der Waals surface area contributed by atoms with E-state index in [0.29, 0.717) is 0 Å². The Hall–Kier alpha value is -2.36. The van der Waals surface area contributed by atoms with Gasteiger partial charge in [0.2, 0.25) is 0 Å². The highest BCUT2D eigenvalue weighted by atomic mass is 19.1. The van der Waals surface area contributed by atoms with E-state index in [1.54, 1.807) is 6.07 Å². The Morgan fingerprint density at radius 3 is 2.47 bits per heavy atom. The molecule has 0 bridgehead atoms. The fourth-order valence-corrected chi connectivity index (χ4v) is 1.85. The van der Waals surface area contributed by atoms with E-state index >= 15 is 0 Å². The second-order valence-corrected chi connectivity index (χ2v) is 4.20. The van der Waals surface area contributed by atoms with Gasteiger partial charge in [0.15, 0.2) is 0 Å². The van der Waals surface area contributed by atoms with Gasteiger partial charge in [-0.25, -0.2) is 4.39 Å². The quantitative estimate of drug-likeness (QED) is 0.653. The van der Waals surface area contributed by atoms with Crippen molar-refractivity contribution in [2.75, 3.05) is 0 Å². The van der Waals surface area contributed by atoms with Crippen molar-refractivity contribution in [2.45, 2.75) is 13.0 Å². The summed E-state index contributed by atoms with van der Waals surface area (Å²) in [5.41, 5.74) is 6.37. The molecule has 98 valence electrons. The third kappa shape index (κ3) is 2.91. The number of amidine groups is 1. The van der Waals surface area contributed by atoms with Crippen LogP contribution in [0.2, 0.25) is 0 Å². The number of ether oxygens (including phenoxy) is 1. The third-order valence-corrected chi connectivity index (χ3v) is 2.82. The lowest BCUT2D eigenvalue weighted by Gasteiger charge is -2.17. The van der Waals surface area contributed by atoms with Crippen LogP contribution in [0.25, 0.3) is 0 Å². The molecule has 2 aromatic rings. The number of nitrogens with one attached hydrogen (secondary N) is 1. The Kier molecular flexibility index (Phi) is 3.80. The number of nitrogens with two attached hydrogens (primary N) is 1. The molecule has 3 nitrogen and oxygen atoms in total. The summed E-state index contributed by atoms with van der Waals surface area (Å²) in [7, 11) is 0. The van der Waals surface area contributed by atoms with E-state index in [2.05, 4.69) is 0 Å². The maximum atomic E-state index is 13.7. The predicted octanol–water partition coefficient (Wildman–Crippen LogP) is 3.25. The Bertz CT molecular complexity index is 584. The maximum absolute atomic E-state index is 13.7. The highest BCUT2D eigenvalue weighted by molar-refractivity contribution is 5.97. The largest absolute Gasteiger partial charge is 0.485 e. The monoisotopic (exact) mass is 258 g/mol. The first-order chi connectivity index (χ1) is 9.09. The Balaban J connectivity index is 2.29. The molecule has 1 unspecified atom stereocenters. The topological polar surface area (TPSA) is 59.1 Å². The molecule has 0 saturated heterocycles. The first-order valence-electron chi connectivity index (χ1n) is 5.94. The molecule has 0 radical (unpaired) electrons. The zero-order chi connectivity index (χ0) is 13.8. The number of hydrogen-bond donors (Lipinski definition) is 2. The van der Waals surface area contributed by atoms with Crippen molar-refractivity contribution in [3.63, 3.8) is 0 Å². The van der Waals surface area contributed by atoms with Gasteiger partial charge < -0.3 is 10.5 Å². The highest BCUT2D eigenvalue weighted by Crippen LogP contribution is 2.26. The molecule has 0 aliphatic heterocycles. The van der Waals surface area contributed by atoms with Crippen molar-refractivity contribution >= 4 is 5.84 Å². The van der Waals surface area contributed by atoms with E-state index in [9.17, 15) is 4.39 Å². The first-order valence-corrected chi connectivity index (χ1v) is 5.94. The SMILES string of the molecule is CC(Oc1cccc(F)c1C(=N)N)c1ccccc1. The summed E-state index contributed by atoms with van der Waals surface area (Å²) in [4.78, 5) is 0. The Morgan fingerprint density at radius 1 is 1.16 bits per heavy atom. The van der Waals surface area contributed by atoms with E-state index in [1.165, 1.54) is 12.1 Å². The van der Waals surface area contributed by atoms with Crippen molar-refractivity contribution in [2.24, 2.45) is 5.73 Å². The maximum Gasteiger partial charge on any atom is 0.137 e. The lowest BCUT2D eigenvalue weighted by atomic mass is 10.1. The third-order valence-electron chi connectivity index (χ3n) is 2.82. The second kappa shape index (κ2) is 5.52. The summed E-state index contributed by atoms with van der Waals surface area (Å²) in [6.45, 7) is 1.87. The smallest absolute Gasteiger partial charge is 0.137 e. The molecule has 0 spiro atoms. The van der Waals surface area contributed by atoms with Crippen LogP contribution in [0.15, 0.2) is 48.5 Å². The van der Waals surface area contributed by atoms with Gasteiger partial charge in [-0.3, -0.25) is 5.41 Å². The van der Waals surface area contributed by atoms with Crippen molar-refractivity contribution in [1.29, 1.82) is 5.41 Å². The molecule has 2 rings (SSSR count). The van der Waals surface area contributed by atoms with Gasteiger partial charge in [0.05, 0.1) is 5.56 Å². The Labute approximate surface area is 111 Å². The molecule has 0 aliphatic rings. The van der Waals surface area contributed by atoms with Crippen LogP contribution in [0.5, 0.6) is 5.75 Å². The molecule has 0 saturated carbocycles. The average Bonchev–Trinajstić information content (AvgIpc) is 2.39. The standard InChI is InChI=1S/C15H15FN2O/c1-10(11-6-3-2-4-7-11)19-13-9-5-8-12(16)14(13)15(17)18/h2-10H,1H3,(H3,17,18). The van der Waals surface area contributed by atoms with Crippen molar-refractivity contribution < 1.29 is 9.13 Å². The first kappa shape index (κ1) is 13.1. The summed E-state index contributed by atoms with van der Waals surface area (Å²) in [5.74, 6) is -0.609. The van der Waals surface area contributed by atoms with Crippen LogP contribution in [0, 0.1) is 11.2 Å². The number of hydrogen-bond acceptors (Lipinski definition) is 2. The summed E-state index contributed by atoms with van der Waals surface area (Å²) in [6, 6.07) is 14.0. The molecular weight excluding hydrogens is 243 g/mol. The van der Waals surface area contributed by atoms with Gasteiger partial charge in [-0.2, -0.15) is 0 Å². The molecule has 0 aromatic heterocycles. The average molecular weight is 258 g/mol. The van der Waals surface area contributed by atoms with E-state index in [1.807, 2.05) is 37.3 Å². The minimum atomic E-state index is -0.551. The van der Waals surface area contributed by atoms with Crippen molar-refractivity contribution in [3.8, 4) is 5.75 Å². The minimum Gasteiger partial charge on any atom is -0.485 e. The second-order valence-electron chi connectivity index (χ2n) is 4.20. The fourth-order valence-electron chi connectivity index (χ4n) is 1.85. The summed E-state index contributed by atoms with van der Waals surface area (Å²) in [5, 5.41) is 7.42. The summed E-state index contributed by atoms with van der Waals surface area (Å²) < 4.78 is 19.4. The zero-order valence-corrected chi connectivity index (χ0v) is 10.6. The summed E-state index contributed by atoms with van der Waals surface area (Å²) >= 11 is 0. The van der Waals surface area contributed by atoms with Gasteiger partial charge in [0.25, 0.3) is 0 Å². The molecule has 1 atom stereocenters. The zero-order valence-electron chi connectivity index (χ0n) is 10.6. The minimum absolute atomic E-state index is 0.00489. The fraction of sp³-hybridized carbons (Fsp3) is 0.133. The van der Waals surface area contributed by atoms with Crippen LogP contribution in [0.4, 0.5) is 4.39 Å². The number of rotatable bonds is 4. The van der Waals surface area contributed by atoms with Crippen LogP contribution in [-0.4, -0.2) is 5.84 Å². The molecule has 0 amide bonds. The van der Waals surface area contributed by atoms with E-state index in [4.69, 9.17) is 15.9 Å². The summed E-state index contributed by atoms with van der Waals surface area (Å²) in [6.07, 6.45) is -0.249. The number of halogens is 1. The normalized spacial score (nSPS) is 11.9. The van der Waals surface area contributed by atoms with Gasteiger partial charge in [-0.05, 0) is 24.6 Å². The van der Waals surface area contributed by atoms with Crippen LogP contribution in [0.3, 0.4) is 0 Å². The van der Waals surface area contributed by atoms with Crippen LogP contribution in [0.1, 0.15) is 24.2 Å². The van der Waals surface area contributed by atoms with Gasteiger partial charge in [-0.1, -0.05) is 36.4 Å². The number of nitrogen functional groups attached to an aromatic ring is 1. The molecule has 3 N–H and O–H groups in total. The molecule has 0 fully saturated rings. The molecule has 4 heteroatoms. The van der Waals surface area contributed by atoms with E-state index < -0.39 is 5.82 Å². The molecule has 19 heavy (non-hydrogen) atoms. The van der Waals surface area contributed by atoms with E-state index in [0.717, 1.165) is 5.56 Å². The molecular formula is C15H15FN2O. The van der Waals surface area contributed by atoms with Crippen molar-refractivity contribution in [3.05, 3.63) is 65.5 Å². The van der Waals surface area contributed by atoms with Crippen LogP contribution >= 0.6 is 0 Å². The van der Waals surface area contributed by atoms with Gasteiger partial charge in [0.1, 0.15) is 23.5 Å². The predicted molar refractivity (Wildman–Crippen MR) is 72.9 cm³/mol. The van der Waals surface area contributed by atoms with Gasteiger partial charge in [0, 0.05) is 0 Å². The Morgan fingerprint density at radius 2 is 1.84 bits per heavy atom. The van der Waals surface area contributed by atoms with Crippen molar-refractivity contribution in [1.82, 2.24) is 0 Å². The number of benzene rings is 2. The van der Waals surface area contributed by atoms with E-state index in [-0.39, 0.29) is 23.3 Å². The van der Waals surface area contributed by atoms with Gasteiger partial charge in [-0.15, -0.1) is 0 Å². The molecule has 0 heterocycles. The highest BCUT2D eigenvalue weighted by Gasteiger charge is 2.15.